The van der Waals surface area contributed by atoms with Crippen LogP contribution in [0.15, 0.2) is 71.1 Å². The fourth-order valence-electron chi connectivity index (χ4n) is 2.32. The van der Waals surface area contributed by atoms with Gasteiger partial charge in [-0.1, -0.05) is 54.2 Å². The number of aliphatic hydroxyl groups excluding tert-OH is 1. The van der Waals surface area contributed by atoms with Crippen LogP contribution < -0.4 is 5.32 Å². The summed E-state index contributed by atoms with van der Waals surface area (Å²) in [6, 6.07) is 18.7. The number of carbonyl (C=O) groups excluding carboxylic acids is 1. The summed E-state index contributed by atoms with van der Waals surface area (Å²) in [5.74, 6) is -0.802. The predicted molar refractivity (Wildman–Crippen MR) is 100 cm³/mol. The molecule has 3 N–H and O–H groups in total. The Kier molecular flexibility index (Phi) is 5.56. The van der Waals surface area contributed by atoms with Gasteiger partial charge in [-0.05, 0) is 17.7 Å². The molecule has 1 heterocycles. The lowest BCUT2D eigenvalue weighted by atomic mass is 10.2. The molecule has 0 bridgehead atoms. The van der Waals surface area contributed by atoms with Crippen molar-refractivity contribution in [3.05, 3.63) is 71.5 Å². The van der Waals surface area contributed by atoms with Gasteiger partial charge in [-0.2, -0.15) is 5.26 Å². The van der Waals surface area contributed by atoms with E-state index >= 15 is 0 Å². The Morgan fingerprint density at radius 2 is 1.92 bits per heavy atom. The van der Waals surface area contributed by atoms with E-state index in [4.69, 9.17) is 0 Å². The fraction of sp³-hybridized carbons (Fsp3) is 0.105. The van der Waals surface area contributed by atoms with Gasteiger partial charge >= 0.3 is 0 Å². The molecule has 0 radical (unpaired) electrons. The minimum atomic E-state index is -0.598. The van der Waals surface area contributed by atoms with Gasteiger partial charge in [0.15, 0.2) is 10.7 Å². The third-order valence-corrected chi connectivity index (χ3v) is 4.52. The van der Waals surface area contributed by atoms with Crippen molar-refractivity contribution in [2.24, 2.45) is 0 Å². The van der Waals surface area contributed by atoms with Crippen molar-refractivity contribution in [3.63, 3.8) is 0 Å². The van der Waals surface area contributed by atoms with Crippen LogP contribution in [0.5, 0.6) is 0 Å². The molecule has 3 aromatic rings. The molecular formula is C19H16N4O2S. The molecule has 0 aliphatic heterocycles. The van der Waals surface area contributed by atoms with Gasteiger partial charge in [0.2, 0.25) is 0 Å². The zero-order chi connectivity index (χ0) is 18.4. The molecule has 1 amide bonds. The van der Waals surface area contributed by atoms with Crippen molar-refractivity contribution in [1.29, 1.82) is 5.26 Å². The Balaban J connectivity index is 1.63. The van der Waals surface area contributed by atoms with Crippen LogP contribution in [-0.2, 0) is 11.3 Å². The number of nitrogens with zero attached hydrogens (tertiary/aromatic N) is 2. The first-order valence-electron chi connectivity index (χ1n) is 7.89. The molecule has 2 aromatic carbocycles. The molecule has 0 unspecified atom stereocenters. The van der Waals surface area contributed by atoms with Crippen LogP contribution in [0.1, 0.15) is 5.56 Å². The molecule has 0 saturated carbocycles. The summed E-state index contributed by atoms with van der Waals surface area (Å²) < 4.78 is 0. The van der Waals surface area contributed by atoms with E-state index in [-0.39, 0.29) is 23.6 Å². The molecule has 6 nitrogen and oxygen atoms in total. The van der Waals surface area contributed by atoms with Gasteiger partial charge in [0.1, 0.15) is 11.8 Å². The number of benzene rings is 2. The van der Waals surface area contributed by atoms with Crippen LogP contribution >= 0.6 is 11.8 Å². The number of aromatic nitrogens is 2. The molecule has 26 heavy (non-hydrogen) atoms. The topological polar surface area (TPSA) is 102 Å². The number of imidazole rings is 1. The smallest absolute Gasteiger partial charge is 0.265 e. The Labute approximate surface area is 154 Å². The number of fused-ring (bicyclic) bond motifs is 1. The van der Waals surface area contributed by atoms with Gasteiger partial charge in [0, 0.05) is 6.54 Å². The molecule has 1 aromatic heterocycles. The molecule has 0 aliphatic rings. The van der Waals surface area contributed by atoms with Crippen LogP contribution in [0, 0.1) is 11.3 Å². The Bertz CT molecular complexity index is 956. The van der Waals surface area contributed by atoms with Crippen molar-refractivity contribution in [3.8, 4) is 6.07 Å². The first-order valence-corrected chi connectivity index (χ1v) is 8.88. The second kappa shape index (κ2) is 8.23. The van der Waals surface area contributed by atoms with Gasteiger partial charge in [0.05, 0.1) is 16.8 Å². The number of hydrogen-bond donors (Lipinski definition) is 3. The number of nitriles is 1. The van der Waals surface area contributed by atoms with Gasteiger partial charge < -0.3 is 15.4 Å². The molecule has 0 spiro atoms. The number of carbonyl (C=O) groups is 1. The maximum atomic E-state index is 12.2. The molecule has 3 rings (SSSR count). The molecule has 0 saturated heterocycles. The Morgan fingerprint density at radius 1 is 1.19 bits per heavy atom. The van der Waals surface area contributed by atoms with E-state index in [2.05, 4.69) is 15.3 Å². The number of aliphatic hydroxyl groups is 1. The number of aromatic amines is 1. The van der Waals surface area contributed by atoms with Gasteiger partial charge in [-0.15, -0.1) is 0 Å². The summed E-state index contributed by atoms with van der Waals surface area (Å²) in [4.78, 5) is 19.7. The zero-order valence-corrected chi connectivity index (χ0v) is 14.6. The van der Waals surface area contributed by atoms with Crippen molar-refractivity contribution in [2.75, 3.05) is 5.75 Å². The van der Waals surface area contributed by atoms with Crippen molar-refractivity contribution in [1.82, 2.24) is 15.3 Å². The second-order valence-electron chi connectivity index (χ2n) is 5.45. The molecular weight excluding hydrogens is 348 g/mol. The third kappa shape index (κ3) is 4.23. The van der Waals surface area contributed by atoms with E-state index in [0.717, 1.165) is 16.6 Å². The fourth-order valence-corrected chi connectivity index (χ4v) is 3.08. The highest BCUT2D eigenvalue weighted by atomic mass is 32.2. The SMILES string of the molecule is N#C/C(C(=O)NCc1ccccc1)=C(/O)CSc1nc2ccccc2[nH]1. The van der Waals surface area contributed by atoms with Gasteiger partial charge in [-0.3, -0.25) is 4.79 Å². The maximum absolute atomic E-state index is 12.2. The monoisotopic (exact) mass is 364 g/mol. The predicted octanol–water partition coefficient (Wildman–Crippen LogP) is 3.31. The molecule has 0 fully saturated rings. The van der Waals surface area contributed by atoms with Crippen LogP contribution in [-0.4, -0.2) is 26.7 Å². The Morgan fingerprint density at radius 3 is 2.65 bits per heavy atom. The van der Waals surface area contributed by atoms with Crippen LogP contribution in [0.4, 0.5) is 0 Å². The zero-order valence-electron chi connectivity index (χ0n) is 13.8. The van der Waals surface area contributed by atoms with E-state index in [9.17, 15) is 15.2 Å². The maximum Gasteiger partial charge on any atom is 0.265 e. The highest BCUT2D eigenvalue weighted by molar-refractivity contribution is 7.99. The summed E-state index contributed by atoms with van der Waals surface area (Å²) in [6.07, 6.45) is 0. The highest BCUT2D eigenvalue weighted by Crippen LogP contribution is 2.21. The van der Waals surface area contributed by atoms with Crippen LogP contribution in [0.3, 0.4) is 0 Å². The average molecular weight is 364 g/mol. The molecule has 130 valence electrons. The summed E-state index contributed by atoms with van der Waals surface area (Å²) in [5, 5.41) is 22.6. The number of hydrogen-bond acceptors (Lipinski definition) is 5. The number of thioether (sulfide) groups is 1. The average Bonchev–Trinajstić information content (AvgIpc) is 3.09. The first-order chi connectivity index (χ1) is 12.7. The Hall–Kier alpha value is -3.24. The van der Waals surface area contributed by atoms with E-state index in [1.165, 1.54) is 11.8 Å². The lowest BCUT2D eigenvalue weighted by Gasteiger charge is -2.06. The number of rotatable bonds is 6. The number of amides is 1. The lowest BCUT2D eigenvalue weighted by Crippen LogP contribution is -2.25. The van der Waals surface area contributed by atoms with Gasteiger partial charge in [0.25, 0.3) is 5.91 Å². The highest BCUT2D eigenvalue weighted by Gasteiger charge is 2.15. The van der Waals surface area contributed by atoms with Crippen LogP contribution in [0.2, 0.25) is 0 Å². The number of H-pyrrole nitrogens is 1. The summed E-state index contributed by atoms with van der Waals surface area (Å²) in [5.41, 5.74) is 2.33. The van der Waals surface area contributed by atoms with E-state index in [1.54, 1.807) is 6.07 Å². The summed E-state index contributed by atoms with van der Waals surface area (Å²) in [7, 11) is 0. The molecule has 0 aliphatic carbocycles. The number of nitrogens with one attached hydrogen (secondary N) is 2. The molecule has 7 heteroatoms. The quantitative estimate of drug-likeness (QED) is 0.270. The van der Waals surface area contributed by atoms with E-state index in [1.807, 2.05) is 54.6 Å². The molecule has 0 atom stereocenters. The van der Waals surface area contributed by atoms with Crippen molar-refractivity contribution in [2.45, 2.75) is 11.7 Å². The largest absolute Gasteiger partial charge is 0.510 e. The van der Waals surface area contributed by atoms with E-state index < -0.39 is 5.91 Å². The minimum absolute atomic E-state index is 0.0709. The van der Waals surface area contributed by atoms with Crippen LogP contribution in [0.25, 0.3) is 11.0 Å². The van der Waals surface area contributed by atoms with Crippen molar-refractivity contribution >= 4 is 28.7 Å². The normalized spacial score (nSPS) is 11.7. The summed E-state index contributed by atoms with van der Waals surface area (Å²) in [6.45, 7) is 0.287. The summed E-state index contributed by atoms with van der Waals surface area (Å²) >= 11 is 1.22. The number of para-hydroxylation sites is 2. The first kappa shape index (κ1) is 17.6. The lowest BCUT2D eigenvalue weighted by molar-refractivity contribution is -0.117. The standard InChI is InChI=1S/C19H16N4O2S/c20-10-14(18(25)21-11-13-6-2-1-3-7-13)17(24)12-26-19-22-15-8-4-5-9-16(15)23-19/h1-9,24H,11-12H2,(H,21,25)(H,22,23)/b17-14-. The minimum Gasteiger partial charge on any atom is -0.510 e. The third-order valence-electron chi connectivity index (χ3n) is 3.64. The van der Waals surface area contributed by atoms with E-state index in [0.29, 0.717) is 5.16 Å². The van der Waals surface area contributed by atoms with Crippen molar-refractivity contribution < 1.29 is 9.90 Å². The van der Waals surface area contributed by atoms with Gasteiger partial charge in [-0.25, -0.2) is 4.98 Å². The second-order valence-corrected chi connectivity index (χ2v) is 6.41.